The highest BCUT2D eigenvalue weighted by Gasteiger charge is 2.56. The van der Waals surface area contributed by atoms with Crippen molar-refractivity contribution in [1.29, 1.82) is 0 Å². The van der Waals surface area contributed by atoms with Crippen LogP contribution >= 0.6 is 22.6 Å². The summed E-state index contributed by atoms with van der Waals surface area (Å²) in [4.78, 5) is 49.9. The third-order valence-electron chi connectivity index (χ3n) is 7.90. The molecule has 0 spiro atoms. The van der Waals surface area contributed by atoms with E-state index in [1.165, 1.54) is 0 Å². The maximum Gasteiger partial charge on any atom is 0.407 e. The first-order valence-electron chi connectivity index (χ1n) is 13.8. The third-order valence-corrected chi connectivity index (χ3v) is 8.62. The molecule has 0 saturated carbocycles. The molecule has 1 aromatic rings. The zero-order valence-electron chi connectivity index (χ0n) is 25.7. The predicted octanol–water partition coefficient (Wildman–Crippen LogP) is 5.36. The Morgan fingerprint density at radius 3 is 1.87 bits per heavy atom. The molecule has 0 aromatic heterocycles. The smallest absolute Gasteiger partial charge is 0.407 e. The SMILES string of the molecule is COC(=O)C[C@H](C(=O)NCC[C@H](O)[C@@H](CC(=O)[C@@H](NC(=O)OC)C(C)(C)C(F)(F)F)Cc1ccc(I)cc1)C(C)(C)C(F)(F)F. The monoisotopic (exact) mass is 768 g/mol. The van der Waals surface area contributed by atoms with Gasteiger partial charge >= 0.3 is 24.4 Å². The van der Waals surface area contributed by atoms with Gasteiger partial charge < -0.3 is 25.2 Å². The molecule has 16 heteroatoms. The van der Waals surface area contributed by atoms with Crippen LogP contribution in [0.3, 0.4) is 0 Å². The molecule has 1 rings (SSSR count). The molecule has 0 aliphatic heterocycles. The normalized spacial score (nSPS) is 15.3. The van der Waals surface area contributed by atoms with Gasteiger partial charge in [-0.15, -0.1) is 0 Å². The Labute approximate surface area is 271 Å². The quantitative estimate of drug-likeness (QED) is 0.125. The van der Waals surface area contributed by atoms with E-state index in [1.807, 2.05) is 5.32 Å². The fourth-order valence-electron chi connectivity index (χ4n) is 4.47. The van der Waals surface area contributed by atoms with E-state index in [1.54, 1.807) is 24.3 Å². The van der Waals surface area contributed by atoms with Crippen molar-refractivity contribution in [3.8, 4) is 0 Å². The molecule has 45 heavy (non-hydrogen) atoms. The molecule has 3 N–H and O–H groups in total. The Hall–Kier alpha value is -2.63. The maximum absolute atomic E-state index is 13.9. The summed E-state index contributed by atoms with van der Waals surface area (Å²) in [6.07, 6.45) is -14.3. The van der Waals surface area contributed by atoms with Crippen LogP contribution in [0.5, 0.6) is 0 Å². The Morgan fingerprint density at radius 2 is 1.40 bits per heavy atom. The first kappa shape index (κ1) is 40.4. The number of esters is 1. The van der Waals surface area contributed by atoms with Crippen molar-refractivity contribution in [2.24, 2.45) is 22.7 Å². The second kappa shape index (κ2) is 16.3. The van der Waals surface area contributed by atoms with E-state index in [-0.39, 0.29) is 19.4 Å². The molecule has 1 aromatic carbocycles. The number of Topliss-reactive ketones (excluding diaryl/α,β-unsaturated/α-hetero) is 1. The van der Waals surface area contributed by atoms with Crippen molar-refractivity contribution < 1.29 is 60.1 Å². The Bertz CT molecular complexity index is 1170. The van der Waals surface area contributed by atoms with Crippen molar-refractivity contribution in [3.05, 3.63) is 33.4 Å². The summed E-state index contributed by atoms with van der Waals surface area (Å²) in [5.41, 5.74) is -4.74. The standard InChI is InChI=1S/C29H39F6IN2O7/c1-26(2,28(30,31)32)19(15-22(41)44-5)24(42)37-12-11-20(39)17(13-16-7-9-18(36)10-8-16)14-21(40)23(38-25(43)45-6)27(3,4)29(33,34)35/h7-10,17,19-20,23,39H,11-15H2,1-6H3,(H,37,42)(H,38,43)/t17-,19-,20+,23-/m1/s1. The summed E-state index contributed by atoms with van der Waals surface area (Å²) < 4.78 is 92.6. The number of rotatable bonds is 15. The lowest BCUT2D eigenvalue weighted by Crippen LogP contribution is -2.56. The second-order valence-electron chi connectivity index (χ2n) is 11.7. The average molecular weight is 769 g/mol. The zero-order chi connectivity index (χ0) is 35.0. The van der Waals surface area contributed by atoms with E-state index in [0.29, 0.717) is 5.56 Å². The van der Waals surface area contributed by atoms with Crippen molar-refractivity contribution in [1.82, 2.24) is 10.6 Å². The molecule has 9 nitrogen and oxygen atoms in total. The number of carbonyl (C=O) groups excluding carboxylic acids is 4. The topological polar surface area (TPSA) is 131 Å². The number of aliphatic hydroxyl groups is 1. The van der Waals surface area contributed by atoms with Gasteiger partial charge in [-0.1, -0.05) is 26.0 Å². The van der Waals surface area contributed by atoms with Crippen molar-refractivity contribution >= 4 is 46.3 Å². The summed E-state index contributed by atoms with van der Waals surface area (Å²) in [6, 6.07) is 4.77. The second-order valence-corrected chi connectivity index (χ2v) is 13.0. The lowest BCUT2D eigenvalue weighted by atomic mass is 9.75. The molecule has 0 aliphatic rings. The predicted molar refractivity (Wildman–Crippen MR) is 159 cm³/mol. The third kappa shape index (κ3) is 11.3. The van der Waals surface area contributed by atoms with E-state index >= 15 is 0 Å². The van der Waals surface area contributed by atoms with Crippen molar-refractivity contribution in [2.45, 2.75) is 77.9 Å². The summed E-state index contributed by atoms with van der Waals surface area (Å²) >= 11 is 2.05. The largest absolute Gasteiger partial charge is 0.469 e. The molecule has 0 heterocycles. The van der Waals surface area contributed by atoms with Gasteiger partial charge in [-0.3, -0.25) is 14.4 Å². The highest BCUT2D eigenvalue weighted by Crippen LogP contribution is 2.45. The molecule has 0 radical (unpaired) electrons. The van der Waals surface area contributed by atoms with E-state index in [2.05, 4.69) is 37.4 Å². The van der Waals surface area contributed by atoms with Crippen LogP contribution in [0.15, 0.2) is 24.3 Å². The number of ketones is 1. The number of methoxy groups -OCH3 is 2. The van der Waals surface area contributed by atoms with Crippen LogP contribution in [0.4, 0.5) is 31.1 Å². The van der Waals surface area contributed by atoms with Crippen molar-refractivity contribution in [3.63, 3.8) is 0 Å². The Kier molecular flexibility index (Phi) is 14.6. The van der Waals surface area contributed by atoms with Gasteiger partial charge in [0.05, 0.1) is 43.5 Å². The highest BCUT2D eigenvalue weighted by molar-refractivity contribution is 14.1. The van der Waals surface area contributed by atoms with Crippen LogP contribution in [0.25, 0.3) is 0 Å². The van der Waals surface area contributed by atoms with Gasteiger partial charge in [-0.2, -0.15) is 26.3 Å². The van der Waals surface area contributed by atoms with E-state index in [9.17, 15) is 50.6 Å². The zero-order valence-corrected chi connectivity index (χ0v) is 27.9. The first-order valence-corrected chi connectivity index (χ1v) is 14.8. The Morgan fingerprint density at radius 1 is 0.867 bits per heavy atom. The van der Waals surface area contributed by atoms with Gasteiger partial charge in [0.15, 0.2) is 5.78 Å². The molecular weight excluding hydrogens is 729 g/mol. The van der Waals surface area contributed by atoms with Gasteiger partial charge in [0.25, 0.3) is 0 Å². The van der Waals surface area contributed by atoms with Crippen LogP contribution in [-0.4, -0.2) is 74.1 Å². The number of nitrogens with one attached hydrogen (secondary N) is 2. The number of alkyl halides is 6. The van der Waals surface area contributed by atoms with E-state index < -0.39 is 83.8 Å². The molecule has 0 fully saturated rings. The van der Waals surface area contributed by atoms with Crippen LogP contribution < -0.4 is 10.6 Å². The van der Waals surface area contributed by atoms with Crippen LogP contribution in [-0.2, 0) is 30.3 Å². The number of ether oxygens (including phenoxy) is 2. The minimum absolute atomic E-state index is 0.00122. The van der Waals surface area contributed by atoms with Crippen LogP contribution in [0.1, 0.15) is 52.5 Å². The van der Waals surface area contributed by atoms with E-state index in [4.69, 9.17) is 0 Å². The number of halogens is 7. The number of aliphatic hydroxyl groups excluding tert-OH is 1. The summed E-state index contributed by atoms with van der Waals surface area (Å²) in [5, 5.41) is 15.3. The molecule has 4 atom stereocenters. The Balaban J connectivity index is 3.26. The highest BCUT2D eigenvalue weighted by atomic mass is 127. The number of benzene rings is 1. The van der Waals surface area contributed by atoms with Crippen LogP contribution in [0, 0.1) is 26.2 Å². The van der Waals surface area contributed by atoms with Gasteiger partial charge in [0.2, 0.25) is 5.91 Å². The summed E-state index contributed by atoms with van der Waals surface area (Å²) in [7, 11) is 1.88. The average Bonchev–Trinajstić information content (AvgIpc) is 2.93. The maximum atomic E-state index is 13.9. The minimum Gasteiger partial charge on any atom is -0.469 e. The fraction of sp³-hybridized carbons (Fsp3) is 0.655. The lowest BCUT2D eigenvalue weighted by Gasteiger charge is -2.36. The fourth-order valence-corrected chi connectivity index (χ4v) is 4.83. The molecule has 0 unspecified atom stereocenters. The number of amides is 2. The number of hydrogen-bond acceptors (Lipinski definition) is 7. The summed E-state index contributed by atoms with van der Waals surface area (Å²) in [6.45, 7) is 2.61. The number of hydrogen-bond donors (Lipinski definition) is 3. The molecule has 0 bridgehead atoms. The minimum atomic E-state index is -4.92. The van der Waals surface area contributed by atoms with Gasteiger partial charge in [0, 0.05) is 16.5 Å². The first-order chi connectivity index (χ1) is 20.5. The molecule has 0 saturated heterocycles. The molecule has 2 amide bonds. The van der Waals surface area contributed by atoms with Gasteiger partial charge in [-0.25, -0.2) is 4.79 Å². The molecule has 0 aliphatic carbocycles. The number of carbonyl (C=O) groups is 4. The van der Waals surface area contributed by atoms with Crippen LogP contribution in [0.2, 0.25) is 0 Å². The van der Waals surface area contributed by atoms with Gasteiger partial charge in [0.1, 0.15) is 6.04 Å². The van der Waals surface area contributed by atoms with Crippen molar-refractivity contribution in [2.75, 3.05) is 20.8 Å². The van der Waals surface area contributed by atoms with Gasteiger partial charge in [-0.05, 0) is 72.9 Å². The summed E-state index contributed by atoms with van der Waals surface area (Å²) in [5.74, 6) is -6.12. The lowest BCUT2D eigenvalue weighted by molar-refractivity contribution is -0.230. The molecular formula is C29H39F6IN2O7. The van der Waals surface area contributed by atoms with E-state index in [0.717, 1.165) is 45.5 Å². The number of alkyl carbamates (subject to hydrolysis) is 1. The molecule has 256 valence electrons.